The van der Waals surface area contributed by atoms with Crippen LogP contribution in [0.15, 0.2) is 69.6 Å². The van der Waals surface area contributed by atoms with E-state index in [0.717, 1.165) is 8.95 Å². The molecule has 0 unspecified atom stereocenters. The zero-order valence-corrected chi connectivity index (χ0v) is 15.9. The third-order valence-corrected chi connectivity index (χ3v) is 6.47. The van der Waals surface area contributed by atoms with Gasteiger partial charge in [-0.2, -0.15) is 0 Å². The van der Waals surface area contributed by atoms with Gasteiger partial charge in [0.2, 0.25) is 0 Å². The molecule has 0 atom stereocenters. The molecule has 0 radical (unpaired) electrons. The maximum atomic E-state index is 3.63. The molecule has 0 aliphatic rings. The maximum absolute atomic E-state index is 3.63. The summed E-state index contributed by atoms with van der Waals surface area (Å²) in [6, 6.07) is 22.0. The van der Waals surface area contributed by atoms with Crippen LogP contribution in [-0.2, 0) is 0 Å². The van der Waals surface area contributed by atoms with Crippen molar-refractivity contribution in [2.45, 2.75) is 0 Å². The molecule has 4 aromatic carbocycles. The molecular formula is C20H10Br2S. The molecule has 0 nitrogen and oxygen atoms in total. The summed E-state index contributed by atoms with van der Waals surface area (Å²) in [6.07, 6.45) is 0. The Balaban J connectivity index is 2.14. The molecule has 0 N–H and O–H groups in total. The fourth-order valence-corrected chi connectivity index (χ4v) is 5.21. The van der Waals surface area contributed by atoms with E-state index in [4.69, 9.17) is 0 Å². The van der Waals surface area contributed by atoms with Crippen molar-refractivity contribution in [3.05, 3.63) is 69.6 Å². The van der Waals surface area contributed by atoms with Crippen molar-refractivity contribution in [1.82, 2.24) is 0 Å². The van der Waals surface area contributed by atoms with Crippen LogP contribution in [0.25, 0.3) is 41.7 Å². The molecule has 3 heteroatoms. The third kappa shape index (κ3) is 2.07. The van der Waals surface area contributed by atoms with Gasteiger partial charge in [0.25, 0.3) is 0 Å². The van der Waals surface area contributed by atoms with Gasteiger partial charge in [0.05, 0.1) is 0 Å². The smallest absolute Gasteiger partial charge is 0.0362 e. The first-order chi connectivity index (χ1) is 11.2. The molecule has 0 saturated carbocycles. The van der Waals surface area contributed by atoms with Gasteiger partial charge in [-0.25, -0.2) is 0 Å². The van der Waals surface area contributed by atoms with E-state index in [-0.39, 0.29) is 0 Å². The summed E-state index contributed by atoms with van der Waals surface area (Å²) in [5, 5.41) is 7.94. The van der Waals surface area contributed by atoms with E-state index in [1.165, 1.54) is 41.7 Å². The normalized spacial score (nSPS) is 11.9. The minimum absolute atomic E-state index is 1.12. The molecule has 1 aromatic heterocycles. The summed E-state index contributed by atoms with van der Waals surface area (Å²) < 4.78 is 4.94. The predicted molar refractivity (Wildman–Crippen MR) is 110 cm³/mol. The minimum atomic E-state index is 1.12. The predicted octanol–water partition coefficient (Wildman–Crippen LogP) is 7.89. The highest BCUT2D eigenvalue weighted by Gasteiger charge is 2.12. The van der Waals surface area contributed by atoms with E-state index < -0.39 is 0 Å². The Morgan fingerprint density at radius 3 is 1.48 bits per heavy atom. The van der Waals surface area contributed by atoms with Gasteiger partial charge in [-0.05, 0) is 57.9 Å². The Labute approximate surface area is 154 Å². The molecule has 0 fully saturated rings. The van der Waals surface area contributed by atoms with Crippen LogP contribution >= 0.6 is 43.2 Å². The van der Waals surface area contributed by atoms with Gasteiger partial charge in [0, 0.05) is 29.1 Å². The van der Waals surface area contributed by atoms with E-state index in [9.17, 15) is 0 Å². The van der Waals surface area contributed by atoms with E-state index >= 15 is 0 Å². The molecule has 0 bridgehead atoms. The SMILES string of the molecule is Brc1ccc2ccc3sc4ccc5ccc(Br)cc5c4c3c2c1. The molecule has 0 spiro atoms. The van der Waals surface area contributed by atoms with Crippen molar-refractivity contribution in [2.75, 3.05) is 0 Å². The lowest BCUT2D eigenvalue weighted by Crippen LogP contribution is -1.78. The second kappa shape index (κ2) is 5.04. The largest absolute Gasteiger partial charge is 0.135 e. The Hall–Kier alpha value is -1.42. The van der Waals surface area contributed by atoms with Crippen LogP contribution in [0.3, 0.4) is 0 Å². The van der Waals surface area contributed by atoms with Crippen LogP contribution in [0.1, 0.15) is 0 Å². The highest BCUT2D eigenvalue weighted by atomic mass is 79.9. The number of rotatable bonds is 0. The average molecular weight is 442 g/mol. The number of benzene rings is 4. The fraction of sp³-hybridized carbons (Fsp3) is 0. The molecule has 1 heterocycles. The average Bonchev–Trinajstić information content (AvgIpc) is 2.94. The van der Waals surface area contributed by atoms with Crippen molar-refractivity contribution in [2.24, 2.45) is 0 Å². The minimum Gasteiger partial charge on any atom is -0.135 e. The Kier molecular flexibility index (Phi) is 3.06. The molecular weight excluding hydrogens is 432 g/mol. The summed E-state index contributed by atoms with van der Waals surface area (Å²) in [5.74, 6) is 0. The van der Waals surface area contributed by atoms with Crippen LogP contribution < -0.4 is 0 Å². The molecule has 0 aliphatic heterocycles. The van der Waals surface area contributed by atoms with Crippen LogP contribution in [0, 0.1) is 0 Å². The van der Waals surface area contributed by atoms with Gasteiger partial charge >= 0.3 is 0 Å². The number of halogens is 2. The first kappa shape index (κ1) is 14.0. The quantitative estimate of drug-likeness (QED) is 0.229. The van der Waals surface area contributed by atoms with Crippen LogP contribution in [-0.4, -0.2) is 0 Å². The standard InChI is InChI=1S/C20H10Br2S/c21-13-5-1-11-3-7-17-19(15(11)9-13)20-16-10-14(22)6-2-12(16)4-8-18(20)23-17/h1-10H. The van der Waals surface area contributed by atoms with Crippen molar-refractivity contribution < 1.29 is 0 Å². The lowest BCUT2D eigenvalue weighted by Gasteiger charge is -2.05. The summed E-state index contributed by atoms with van der Waals surface area (Å²) in [5.41, 5.74) is 0. The molecule has 0 saturated heterocycles. The molecule has 0 amide bonds. The van der Waals surface area contributed by atoms with Crippen molar-refractivity contribution in [1.29, 1.82) is 0 Å². The summed E-state index contributed by atoms with van der Waals surface area (Å²) in [6.45, 7) is 0. The van der Waals surface area contributed by atoms with E-state index in [0.29, 0.717) is 0 Å². The number of fused-ring (bicyclic) bond motifs is 7. The lowest BCUT2D eigenvalue weighted by molar-refractivity contribution is 1.74. The maximum Gasteiger partial charge on any atom is 0.0362 e. The van der Waals surface area contributed by atoms with Crippen molar-refractivity contribution in [3.63, 3.8) is 0 Å². The summed E-state index contributed by atoms with van der Waals surface area (Å²) in [7, 11) is 0. The first-order valence-electron chi connectivity index (χ1n) is 7.33. The van der Waals surface area contributed by atoms with E-state index in [1.807, 2.05) is 11.3 Å². The Bertz CT molecular complexity index is 1140. The van der Waals surface area contributed by atoms with E-state index in [2.05, 4.69) is 92.5 Å². The number of hydrogen-bond donors (Lipinski definition) is 0. The van der Waals surface area contributed by atoms with Gasteiger partial charge in [0.1, 0.15) is 0 Å². The van der Waals surface area contributed by atoms with Gasteiger partial charge in [0.15, 0.2) is 0 Å². The van der Waals surface area contributed by atoms with Crippen LogP contribution in [0.4, 0.5) is 0 Å². The monoisotopic (exact) mass is 440 g/mol. The molecule has 5 rings (SSSR count). The Morgan fingerprint density at radius 1 is 0.565 bits per heavy atom. The zero-order valence-electron chi connectivity index (χ0n) is 11.9. The van der Waals surface area contributed by atoms with Gasteiger partial charge < -0.3 is 0 Å². The van der Waals surface area contributed by atoms with Crippen LogP contribution in [0.5, 0.6) is 0 Å². The molecule has 110 valence electrons. The molecule has 23 heavy (non-hydrogen) atoms. The first-order valence-corrected chi connectivity index (χ1v) is 9.74. The highest BCUT2D eigenvalue weighted by Crippen LogP contribution is 2.42. The second-order valence-electron chi connectivity index (χ2n) is 5.71. The highest BCUT2D eigenvalue weighted by molar-refractivity contribution is 9.10. The van der Waals surface area contributed by atoms with Gasteiger partial charge in [-0.3, -0.25) is 0 Å². The number of hydrogen-bond acceptors (Lipinski definition) is 1. The Morgan fingerprint density at radius 2 is 1.00 bits per heavy atom. The lowest BCUT2D eigenvalue weighted by atomic mass is 10.00. The van der Waals surface area contributed by atoms with Gasteiger partial charge in [-0.15, -0.1) is 11.3 Å². The molecule has 5 aromatic rings. The fourth-order valence-electron chi connectivity index (χ4n) is 3.35. The van der Waals surface area contributed by atoms with E-state index in [1.54, 1.807) is 0 Å². The summed E-state index contributed by atoms with van der Waals surface area (Å²) in [4.78, 5) is 0. The zero-order chi connectivity index (χ0) is 15.6. The summed E-state index contributed by atoms with van der Waals surface area (Å²) >= 11 is 9.13. The van der Waals surface area contributed by atoms with Crippen molar-refractivity contribution in [3.8, 4) is 0 Å². The molecule has 0 aliphatic carbocycles. The topological polar surface area (TPSA) is 0 Å². The third-order valence-electron chi connectivity index (χ3n) is 4.36. The second-order valence-corrected chi connectivity index (χ2v) is 8.63. The van der Waals surface area contributed by atoms with Crippen molar-refractivity contribution >= 4 is 84.9 Å². The van der Waals surface area contributed by atoms with Crippen LogP contribution in [0.2, 0.25) is 0 Å². The number of thiophene rings is 1. The van der Waals surface area contributed by atoms with Gasteiger partial charge in [-0.1, -0.05) is 56.1 Å².